The lowest BCUT2D eigenvalue weighted by atomic mass is 10.2. The Bertz CT molecular complexity index is 749. The van der Waals surface area contributed by atoms with Crippen LogP contribution in [0.2, 0.25) is 0 Å². The lowest BCUT2D eigenvalue weighted by Crippen LogP contribution is -2.22. The van der Waals surface area contributed by atoms with Crippen LogP contribution in [0, 0.1) is 6.92 Å². The van der Waals surface area contributed by atoms with Crippen molar-refractivity contribution in [3.8, 4) is 10.6 Å². The zero-order chi connectivity index (χ0) is 14.7. The van der Waals surface area contributed by atoms with E-state index in [2.05, 4.69) is 15.5 Å². The maximum atomic E-state index is 11.8. The van der Waals surface area contributed by atoms with Crippen molar-refractivity contribution in [3.63, 3.8) is 0 Å². The molecule has 5 nitrogen and oxygen atoms in total. The van der Waals surface area contributed by atoms with E-state index in [9.17, 15) is 4.79 Å². The first-order chi connectivity index (χ1) is 10.2. The molecule has 2 aromatic heterocycles. The molecule has 3 rings (SSSR count). The zero-order valence-corrected chi connectivity index (χ0v) is 12.2. The number of nitrogens with zero attached hydrogens (tertiary/aromatic N) is 2. The second-order valence-electron chi connectivity index (χ2n) is 4.53. The first-order valence-corrected chi connectivity index (χ1v) is 7.31. The van der Waals surface area contributed by atoms with Gasteiger partial charge in [-0.25, -0.2) is 4.98 Å². The highest BCUT2D eigenvalue weighted by Crippen LogP contribution is 2.23. The predicted molar refractivity (Wildman–Crippen MR) is 80.0 cm³/mol. The molecular formula is C15H13N3O2S. The van der Waals surface area contributed by atoms with Crippen molar-refractivity contribution in [2.75, 3.05) is 0 Å². The molecule has 106 valence electrons. The summed E-state index contributed by atoms with van der Waals surface area (Å²) in [5.74, 6) is -0.0733. The Morgan fingerprint density at radius 3 is 2.86 bits per heavy atom. The van der Waals surface area contributed by atoms with Gasteiger partial charge in [0, 0.05) is 17.0 Å². The summed E-state index contributed by atoms with van der Waals surface area (Å²) in [6.07, 6.45) is 0. The highest BCUT2D eigenvalue weighted by molar-refractivity contribution is 7.13. The van der Waals surface area contributed by atoms with Gasteiger partial charge in [0.25, 0.3) is 5.91 Å². The van der Waals surface area contributed by atoms with Crippen LogP contribution in [0.1, 0.15) is 21.9 Å². The van der Waals surface area contributed by atoms with Crippen LogP contribution in [-0.4, -0.2) is 16.0 Å². The number of thiazole rings is 1. The van der Waals surface area contributed by atoms with Crippen LogP contribution in [0.15, 0.2) is 46.3 Å². The van der Waals surface area contributed by atoms with Gasteiger partial charge in [-0.05, 0) is 6.92 Å². The smallest absolute Gasteiger partial charge is 0.290 e. The summed E-state index contributed by atoms with van der Waals surface area (Å²) in [6, 6.07) is 11.6. The number of benzene rings is 1. The van der Waals surface area contributed by atoms with Gasteiger partial charge >= 0.3 is 0 Å². The van der Waals surface area contributed by atoms with Gasteiger partial charge in [-0.3, -0.25) is 4.79 Å². The van der Waals surface area contributed by atoms with Crippen molar-refractivity contribution >= 4 is 17.2 Å². The fourth-order valence-corrected chi connectivity index (χ4v) is 2.66. The standard InChI is InChI=1S/C15H13N3O2S/c1-10-7-13(20-18-10)14(19)16-8-12-9-21-15(17-12)11-5-3-2-4-6-11/h2-7,9H,8H2,1H3,(H,16,19). The molecule has 1 N–H and O–H groups in total. The largest absolute Gasteiger partial charge is 0.351 e. The van der Waals surface area contributed by atoms with E-state index in [1.54, 1.807) is 24.3 Å². The highest BCUT2D eigenvalue weighted by atomic mass is 32.1. The van der Waals surface area contributed by atoms with E-state index in [1.807, 2.05) is 35.7 Å². The van der Waals surface area contributed by atoms with Gasteiger partial charge in [-0.15, -0.1) is 11.3 Å². The molecule has 0 aliphatic rings. The molecule has 6 heteroatoms. The lowest BCUT2D eigenvalue weighted by Gasteiger charge is -1.99. The molecule has 0 radical (unpaired) electrons. The van der Waals surface area contributed by atoms with Crippen molar-refractivity contribution < 1.29 is 9.32 Å². The normalized spacial score (nSPS) is 10.5. The van der Waals surface area contributed by atoms with Crippen LogP contribution < -0.4 is 5.32 Å². The second-order valence-corrected chi connectivity index (χ2v) is 5.38. The molecule has 0 atom stereocenters. The Morgan fingerprint density at radius 2 is 2.14 bits per heavy atom. The van der Waals surface area contributed by atoms with E-state index < -0.39 is 0 Å². The van der Waals surface area contributed by atoms with Crippen LogP contribution in [0.25, 0.3) is 10.6 Å². The quantitative estimate of drug-likeness (QED) is 0.804. The fourth-order valence-electron chi connectivity index (χ4n) is 1.83. The number of hydrogen-bond donors (Lipinski definition) is 1. The van der Waals surface area contributed by atoms with Crippen molar-refractivity contribution in [1.29, 1.82) is 0 Å². The van der Waals surface area contributed by atoms with Crippen molar-refractivity contribution in [2.24, 2.45) is 0 Å². The van der Waals surface area contributed by atoms with E-state index >= 15 is 0 Å². The molecule has 0 bridgehead atoms. The van der Waals surface area contributed by atoms with E-state index in [4.69, 9.17) is 4.52 Å². The molecule has 0 saturated heterocycles. The third-order valence-corrected chi connectivity index (χ3v) is 3.79. The summed E-state index contributed by atoms with van der Waals surface area (Å²) in [5.41, 5.74) is 2.58. The average Bonchev–Trinajstić information content (AvgIpc) is 3.15. The molecule has 0 aliphatic heterocycles. The minimum Gasteiger partial charge on any atom is -0.351 e. The average molecular weight is 299 g/mol. The van der Waals surface area contributed by atoms with Gasteiger partial charge in [0.1, 0.15) is 5.01 Å². The van der Waals surface area contributed by atoms with E-state index in [0.29, 0.717) is 12.2 Å². The topological polar surface area (TPSA) is 68.0 Å². The number of rotatable bonds is 4. The summed E-state index contributed by atoms with van der Waals surface area (Å²) < 4.78 is 4.91. The van der Waals surface area contributed by atoms with Gasteiger partial charge in [0.2, 0.25) is 5.76 Å². The molecule has 3 aromatic rings. The first-order valence-electron chi connectivity index (χ1n) is 6.44. The minimum atomic E-state index is -0.287. The van der Waals surface area contributed by atoms with Crippen LogP contribution >= 0.6 is 11.3 Å². The van der Waals surface area contributed by atoms with Crippen molar-refractivity contribution in [2.45, 2.75) is 13.5 Å². The lowest BCUT2D eigenvalue weighted by molar-refractivity contribution is 0.0913. The number of carbonyl (C=O) groups is 1. The number of aromatic nitrogens is 2. The Labute approximate surface area is 125 Å². The van der Waals surface area contributed by atoms with E-state index in [1.165, 1.54) is 0 Å². The third kappa shape index (κ3) is 3.17. The Kier molecular flexibility index (Phi) is 3.79. The fraction of sp³-hybridized carbons (Fsp3) is 0.133. The van der Waals surface area contributed by atoms with E-state index in [0.717, 1.165) is 16.3 Å². The maximum Gasteiger partial charge on any atom is 0.290 e. The highest BCUT2D eigenvalue weighted by Gasteiger charge is 2.12. The first kappa shape index (κ1) is 13.5. The summed E-state index contributed by atoms with van der Waals surface area (Å²) in [7, 11) is 0. The Hall–Kier alpha value is -2.47. The van der Waals surface area contributed by atoms with Gasteiger partial charge < -0.3 is 9.84 Å². The summed E-state index contributed by atoms with van der Waals surface area (Å²) in [6.45, 7) is 2.13. The SMILES string of the molecule is Cc1cc(C(=O)NCc2csc(-c3ccccc3)n2)on1. The number of nitrogens with one attached hydrogen (secondary N) is 1. The zero-order valence-electron chi connectivity index (χ0n) is 11.4. The summed E-state index contributed by atoms with van der Waals surface area (Å²) in [4.78, 5) is 16.3. The molecule has 21 heavy (non-hydrogen) atoms. The molecular weight excluding hydrogens is 286 g/mol. The third-order valence-electron chi connectivity index (χ3n) is 2.85. The summed E-state index contributed by atoms with van der Waals surface area (Å²) in [5, 5.41) is 9.33. The molecule has 0 fully saturated rings. The van der Waals surface area contributed by atoms with Crippen LogP contribution in [0.5, 0.6) is 0 Å². The minimum absolute atomic E-state index is 0.214. The molecule has 1 amide bonds. The van der Waals surface area contributed by atoms with Crippen LogP contribution in [0.3, 0.4) is 0 Å². The Balaban J connectivity index is 1.64. The Morgan fingerprint density at radius 1 is 1.33 bits per heavy atom. The molecule has 0 unspecified atom stereocenters. The van der Waals surface area contributed by atoms with Crippen molar-refractivity contribution in [1.82, 2.24) is 15.5 Å². The van der Waals surface area contributed by atoms with Gasteiger partial charge in [-0.1, -0.05) is 35.5 Å². The van der Waals surface area contributed by atoms with Gasteiger partial charge in [0.05, 0.1) is 17.9 Å². The van der Waals surface area contributed by atoms with Crippen molar-refractivity contribution in [3.05, 3.63) is 58.9 Å². The predicted octanol–water partition coefficient (Wildman–Crippen LogP) is 3.04. The summed E-state index contributed by atoms with van der Waals surface area (Å²) >= 11 is 1.56. The van der Waals surface area contributed by atoms with Gasteiger partial charge in [0.15, 0.2) is 0 Å². The number of amides is 1. The second kappa shape index (κ2) is 5.88. The van der Waals surface area contributed by atoms with Crippen LogP contribution in [0.4, 0.5) is 0 Å². The molecule has 0 aliphatic carbocycles. The van der Waals surface area contributed by atoms with E-state index in [-0.39, 0.29) is 11.7 Å². The van der Waals surface area contributed by atoms with Gasteiger partial charge in [-0.2, -0.15) is 0 Å². The molecule has 0 saturated carbocycles. The monoisotopic (exact) mass is 299 g/mol. The number of carbonyl (C=O) groups excluding carboxylic acids is 1. The number of hydrogen-bond acceptors (Lipinski definition) is 5. The number of aryl methyl sites for hydroxylation is 1. The maximum absolute atomic E-state index is 11.8. The molecule has 2 heterocycles. The molecule has 0 spiro atoms. The molecule has 1 aromatic carbocycles. The van der Waals surface area contributed by atoms with Crippen LogP contribution in [-0.2, 0) is 6.54 Å².